The van der Waals surface area contributed by atoms with Crippen LogP contribution in [0.15, 0.2) is 29.6 Å². The number of hydrogen-bond donors (Lipinski definition) is 1. The highest BCUT2D eigenvalue weighted by Crippen LogP contribution is 2.23. The summed E-state index contributed by atoms with van der Waals surface area (Å²) < 4.78 is 18.6. The zero-order valence-corrected chi connectivity index (χ0v) is 11.5. The maximum atomic E-state index is 13.0. The number of ether oxygens (including phenoxy) is 1. The van der Waals surface area contributed by atoms with E-state index >= 15 is 0 Å². The minimum absolute atomic E-state index is 0.0480. The second-order valence-corrected chi connectivity index (χ2v) is 5.04. The van der Waals surface area contributed by atoms with Gasteiger partial charge in [0.05, 0.1) is 16.4 Å². The van der Waals surface area contributed by atoms with Crippen molar-refractivity contribution >= 4 is 22.9 Å². The predicted molar refractivity (Wildman–Crippen MR) is 76.0 cm³/mol. The second kappa shape index (κ2) is 6.58. The summed E-state index contributed by atoms with van der Waals surface area (Å²) in [5, 5.41) is 1.99. The Morgan fingerprint density at radius 1 is 1.37 bits per heavy atom. The van der Waals surface area contributed by atoms with Gasteiger partial charge in [-0.15, -0.1) is 11.3 Å². The Balaban J connectivity index is 2.06. The van der Waals surface area contributed by atoms with Gasteiger partial charge in [0.1, 0.15) is 18.2 Å². The summed E-state index contributed by atoms with van der Waals surface area (Å²) in [6, 6.07) is 6.20. The minimum Gasteiger partial charge on any atom is -0.488 e. The average Bonchev–Trinajstić information content (AvgIpc) is 2.85. The smallest absolute Gasteiger partial charge is 0.142 e. The van der Waals surface area contributed by atoms with Crippen molar-refractivity contribution in [1.29, 1.82) is 0 Å². The topological polar surface area (TPSA) is 35.2 Å². The highest BCUT2D eigenvalue weighted by Gasteiger charge is 2.05. The molecule has 2 rings (SSSR count). The molecule has 2 N–H and O–H groups in total. The average molecular weight is 296 g/mol. The third kappa shape index (κ3) is 3.71. The van der Waals surface area contributed by atoms with Crippen LogP contribution in [0.25, 0.3) is 0 Å². The van der Waals surface area contributed by atoms with Crippen molar-refractivity contribution in [2.45, 2.75) is 6.61 Å². The maximum absolute atomic E-state index is 13.0. The Kier molecular flexibility index (Phi) is 4.80. The molecule has 1 aromatic carbocycles. The van der Waals surface area contributed by atoms with Crippen LogP contribution in [0.3, 0.4) is 0 Å². The fourth-order valence-corrected chi connectivity index (χ4v) is 2.34. The lowest BCUT2D eigenvalue weighted by atomic mass is 10.2. The molecule has 0 atom stereocenters. The first-order chi connectivity index (χ1) is 9.20. The highest BCUT2D eigenvalue weighted by atomic mass is 35.5. The van der Waals surface area contributed by atoms with Gasteiger partial charge in [-0.2, -0.15) is 0 Å². The quantitative estimate of drug-likeness (QED) is 0.881. The lowest BCUT2D eigenvalue weighted by Gasteiger charge is -2.06. The molecule has 2 nitrogen and oxygen atoms in total. The Labute approximate surface area is 120 Å². The Hall–Kier alpha value is -1.54. The van der Waals surface area contributed by atoms with E-state index in [1.165, 1.54) is 12.1 Å². The third-order valence-corrected chi connectivity index (χ3v) is 3.52. The molecule has 0 aliphatic heterocycles. The number of thiophene rings is 1. The van der Waals surface area contributed by atoms with Crippen LogP contribution in [-0.4, -0.2) is 6.54 Å². The molecule has 19 heavy (non-hydrogen) atoms. The lowest BCUT2D eigenvalue weighted by molar-refractivity contribution is 0.309. The summed E-state index contributed by atoms with van der Waals surface area (Å²) in [5.74, 6) is 5.85. The van der Waals surface area contributed by atoms with Crippen LogP contribution in [0.5, 0.6) is 5.75 Å². The van der Waals surface area contributed by atoms with E-state index in [4.69, 9.17) is 22.1 Å². The van der Waals surface area contributed by atoms with Gasteiger partial charge >= 0.3 is 0 Å². The molecule has 1 heterocycles. The normalized spacial score (nSPS) is 9.84. The van der Waals surface area contributed by atoms with Crippen molar-refractivity contribution in [3.05, 3.63) is 50.9 Å². The van der Waals surface area contributed by atoms with Crippen molar-refractivity contribution in [3.63, 3.8) is 0 Å². The number of halogens is 2. The lowest BCUT2D eigenvalue weighted by Crippen LogP contribution is -1.96. The van der Waals surface area contributed by atoms with Gasteiger partial charge < -0.3 is 10.5 Å². The minimum atomic E-state index is -0.459. The van der Waals surface area contributed by atoms with Crippen LogP contribution < -0.4 is 10.5 Å². The SMILES string of the molecule is NCC#Cc1ccsc1COc1ccc(F)c(Cl)c1. The van der Waals surface area contributed by atoms with Crippen LogP contribution in [0.2, 0.25) is 5.02 Å². The van der Waals surface area contributed by atoms with E-state index in [0.29, 0.717) is 18.9 Å². The van der Waals surface area contributed by atoms with Gasteiger partial charge in [-0.3, -0.25) is 0 Å². The van der Waals surface area contributed by atoms with E-state index in [1.807, 2.05) is 11.4 Å². The van der Waals surface area contributed by atoms with E-state index < -0.39 is 5.82 Å². The van der Waals surface area contributed by atoms with E-state index in [0.717, 1.165) is 10.4 Å². The fourth-order valence-electron chi connectivity index (χ4n) is 1.43. The summed E-state index contributed by atoms with van der Waals surface area (Å²) in [6.07, 6.45) is 0. The molecule has 0 saturated carbocycles. The summed E-state index contributed by atoms with van der Waals surface area (Å²) >= 11 is 7.24. The van der Waals surface area contributed by atoms with Crippen LogP contribution in [0, 0.1) is 17.7 Å². The van der Waals surface area contributed by atoms with Gasteiger partial charge in [-0.25, -0.2) is 4.39 Å². The second-order valence-electron chi connectivity index (χ2n) is 3.63. The number of nitrogens with two attached hydrogens (primary N) is 1. The Bertz CT molecular complexity index is 630. The molecule has 98 valence electrons. The standard InChI is InChI=1S/C14H11ClFNOS/c15-12-8-11(3-4-13(12)16)18-9-14-10(2-1-6-17)5-7-19-14/h3-5,7-8H,6,9,17H2. The molecule has 0 unspecified atom stereocenters. The van der Waals surface area contributed by atoms with Crippen molar-refractivity contribution in [3.8, 4) is 17.6 Å². The molecule has 2 aromatic rings. The van der Waals surface area contributed by atoms with Gasteiger partial charge in [-0.1, -0.05) is 23.4 Å². The molecule has 0 saturated heterocycles. The molecule has 0 radical (unpaired) electrons. The molecule has 0 spiro atoms. The number of rotatable bonds is 3. The molecular formula is C14H11ClFNOS. The first-order valence-corrected chi connectivity index (χ1v) is 6.79. The monoisotopic (exact) mass is 295 g/mol. The zero-order valence-electron chi connectivity index (χ0n) is 9.95. The zero-order chi connectivity index (χ0) is 13.7. The summed E-state index contributed by atoms with van der Waals surface area (Å²) in [5.41, 5.74) is 6.25. The van der Waals surface area contributed by atoms with Gasteiger partial charge in [0.15, 0.2) is 0 Å². The first-order valence-electron chi connectivity index (χ1n) is 5.54. The molecule has 1 aromatic heterocycles. The number of benzene rings is 1. The Morgan fingerprint density at radius 2 is 2.21 bits per heavy atom. The van der Waals surface area contributed by atoms with Crippen molar-refractivity contribution in [1.82, 2.24) is 0 Å². The maximum Gasteiger partial charge on any atom is 0.142 e. The van der Waals surface area contributed by atoms with Gasteiger partial charge in [0, 0.05) is 11.6 Å². The molecule has 0 amide bonds. The largest absolute Gasteiger partial charge is 0.488 e. The highest BCUT2D eigenvalue weighted by molar-refractivity contribution is 7.10. The van der Waals surface area contributed by atoms with Crippen LogP contribution in [-0.2, 0) is 6.61 Å². The van der Waals surface area contributed by atoms with E-state index in [9.17, 15) is 4.39 Å². The van der Waals surface area contributed by atoms with Crippen molar-refractivity contribution < 1.29 is 9.13 Å². The number of hydrogen-bond acceptors (Lipinski definition) is 3. The van der Waals surface area contributed by atoms with E-state index in [1.54, 1.807) is 17.4 Å². The predicted octanol–water partition coefficient (Wildman–Crippen LogP) is 3.43. The van der Waals surface area contributed by atoms with Crippen molar-refractivity contribution in [2.75, 3.05) is 6.54 Å². The molecule has 0 aliphatic carbocycles. The summed E-state index contributed by atoms with van der Waals surface area (Å²) in [7, 11) is 0. The summed E-state index contributed by atoms with van der Waals surface area (Å²) in [6.45, 7) is 0.692. The van der Waals surface area contributed by atoms with Gasteiger partial charge in [0.2, 0.25) is 0 Å². The Morgan fingerprint density at radius 3 is 2.95 bits per heavy atom. The molecule has 0 fully saturated rings. The first kappa shape index (κ1) is 13.9. The van der Waals surface area contributed by atoms with E-state index in [-0.39, 0.29) is 5.02 Å². The van der Waals surface area contributed by atoms with Crippen LogP contribution in [0.1, 0.15) is 10.4 Å². The third-order valence-electron chi connectivity index (χ3n) is 2.33. The van der Waals surface area contributed by atoms with Crippen LogP contribution in [0.4, 0.5) is 4.39 Å². The molecule has 0 aliphatic rings. The molecule has 0 bridgehead atoms. The van der Waals surface area contributed by atoms with E-state index in [2.05, 4.69) is 11.8 Å². The van der Waals surface area contributed by atoms with Gasteiger partial charge in [0.25, 0.3) is 0 Å². The van der Waals surface area contributed by atoms with Crippen LogP contribution >= 0.6 is 22.9 Å². The van der Waals surface area contributed by atoms with Gasteiger partial charge in [-0.05, 0) is 23.6 Å². The fraction of sp³-hybridized carbons (Fsp3) is 0.143. The van der Waals surface area contributed by atoms with Crippen molar-refractivity contribution in [2.24, 2.45) is 5.73 Å². The molecule has 5 heteroatoms. The molecular weight excluding hydrogens is 285 g/mol. The summed E-state index contributed by atoms with van der Waals surface area (Å²) in [4.78, 5) is 1.00.